The third-order valence-corrected chi connectivity index (χ3v) is 8.34. The number of sulfonamides is 1. The minimum absolute atomic E-state index is 0.0333. The van der Waals surface area contributed by atoms with Gasteiger partial charge in [0.25, 0.3) is 0 Å². The SMILES string of the molecule is CC(C)(F)CNS(=O)(=O)c1c2c(cc3cnc(C4CC4)cc13)C[C@@H](Nc1ccc(C(C)(C)O)nc1)C2. The largest absolute Gasteiger partial charge is 0.384 e. The highest BCUT2D eigenvalue weighted by Gasteiger charge is 2.33. The van der Waals surface area contributed by atoms with E-state index in [-0.39, 0.29) is 17.5 Å². The van der Waals surface area contributed by atoms with Crippen LogP contribution in [0.4, 0.5) is 10.1 Å². The van der Waals surface area contributed by atoms with Gasteiger partial charge in [0.15, 0.2) is 0 Å². The third-order valence-electron chi connectivity index (χ3n) is 6.82. The summed E-state index contributed by atoms with van der Waals surface area (Å²) in [7, 11) is -3.97. The first-order chi connectivity index (χ1) is 16.8. The van der Waals surface area contributed by atoms with Crippen molar-refractivity contribution in [3.05, 3.63) is 59.2 Å². The van der Waals surface area contributed by atoms with Crippen molar-refractivity contribution in [2.24, 2.45) is 0 Å². The lowest BCUT2D eigenvalue weighted by molar-refractivity contribution is 0.0739. The number of nitrogens with one attached hydrogen (secondary N) is 2. The van der Waals surface area contributed by atoms with Crippen LogP contribution in [0.2, 0.25) is 0 Å². The minimum atomic E-state index is -3.97. The molecule has 192 valence electrons. The highest BCUT2D eigenvalue weighted by molar-refractivity contribution is 7.89. The topological polar surface area (TPSA) is 104 Å². The zero-order chi connectivity index (χ0) is 25.9. The first-order valence-corrected chi connectivity index (χ1v) is 13.9. The lowest BCUT2D eigenvalue weighted by Gasteiger charge is -2.19. The van der Waals surface area contributed by atoms with Crippen LogP contribution in [-0.2, 0) is 28.5 Å². The standard InChI is InChI=1S/C27H33FN4O3S/c1-26(2,28)15-31-36(34,35)25-21-11-20(32-19-7-8-24(30-14-19)27(3,4)33)10-17(21)9-18-13-29-23(12-22(18)25)16-5-6-16/h7-9,12-14,16,20,31-33H,5-6,10-11,15H2,1-4H3/t20-/m1/s1. The van der Waals surface area contributed by atoms with E-state index in [1.807, 2.05) is 18.2 Å². The summed E-state index contributed by atoms with van der Waals surface area (Å²) in [5.74, 6) is 0.379. The highest BCUT2D eigenvalue weighted by atomic mass is 32.2. The molecule has 0 spiro atoms. The first kappa shape index (κ1) is 25.0. The molecule has 1 aromatic carbocycles. The van der Waals surface area contributed by atoms with Crippen molar-refractivity contribution in [3.63, 3.8) is 0 Å². The van der Waals surface area contributed by atoms with Gasteiger partial charge in [-0.15, -0.1) is 0 Å². The molecule has 36 heavy (non-hydrogen) atoms. The van der Waals surface area contributed by atoms with Crippen LogP contribution >= 0.6 is 0 Å². The first-order valence-electron chi connectivity index (χ1n) is 12.4. The number of aromatic nitrogens is 2. The second-order valence-corrected chi connectivity index (χ2v) is 12.9. The maximum absolute atomic E-state index is 14.2. The fourth-order valence-electron chi connectivity index (χ4n) is 4.79. The van der Waals surface area contributed by atoms with Gasteiger partial charge in [-0.05, 0) is 88.8 Å². The van der Waals surface area contributed by atoms with Crippen molar-refractivity contribution in [2.45, 2.75) is 81.5 Å². The monoisotopic (exact) mass is 512 g/mol. The van der Waals surface area contributed by atoms with Crippen LogP contribution in [-0.4, -0.2) is 41.7 Å². The van der Waals surface area contributed by atoms with Gasteiger partial charge in [0, 0.05) is 41.2 Å². The van der Waals surface area contributed by atoms with E-state index in [9.17, 15) is 17.9 Å². The van der Waals surface area contributed by atoms with Gasteiger partial charge in [-0.3, -0.25) is 9.97 Å². The van der Waals surface area contributed by atoms with Crippen LogP contribution in [0.3, 0.4) is 0 Å². The van der Waals surface area contributed by atoms with Crippen LogP contribution in [0, 0.1) is 0 Å². The summed E-state index contributed by atoms with van der Waals surface area (Å²) in [6, 6.07) is 7.55. The maximum atomic E-state index is 14.2. The van der Waals surface area contributed by atoms with Crippen LogP contribution in [0.15, 0.2) is 41.6 Å². The Bertz CT molecular complexity index is 1410. The molecular formula is C27H33FN4O3S. The smallest absolute Gasteiger partial charge is 0.241 e. The van der Waals surface area contributed by atoms with Gasteiger partial charge in [-0.25, -0.2) is 17.5 Å². The number of hydrogen-bond acceptors (Lipinski definition) is 6. The number of anilines is 1. The van der Waals surface area contributed by atoms with Crippen molar-refractivity contribution in [3.8, 4) is 0 Å². The average molecular weight is 513 g/mol. The molecule has 0 radical (unpaired) electrons. The molecule has 0 aliphatic heterocycles. The predicted octanol–water partition coefficient (Wildman–Crippen LogP) is 4.34. The van der Waals surface area contributed by atoms with E-state index < -0.39 is 21.3 Å². The van der Waals surface area contributed by atoms with Crippen LogP contribution in [0.5, 0.6) is 0 Å². The molecule has 0 amide bonds. The number of fused-ring (bicyclic) bond motifs is 2. The molecule has 1 fully saturated rings. The number of nitrogens with zero attached hydrogens (tertiary/aromatic N) is 2. The second kappa shape index (κ2) is 8.75. The molecule has 2 aliphatic carbocycles. The lowest BCUT2D eigenvalue weighted by atomic mass is 10.0. The molecule has 3 aromatic rings. The summed E-state index contributed by atoms with van der Waals surface area (Å²) >= 11 is 0. The van der Waals surface area contributed by atoms with E-state index in [0.717, 1.165) is 40.7 Å². The van der Waals surface area contributed by atoms with Crippen molar-refractivity contribution >= 4 is 26.5 Å². The van der Waals surface area contributed by atoms with E-state index in [2.05, 4.69) is 20.0 Å². The van der Waals surface area contributed by atoms with Gasteiger partial charge in [0.2, 0.25) is 10.0 Å². The number of halogens is 1. The highest BCUT2D eigenvalue weighted by Crippen LogP contribution is 2.42. The maximum Gasteiger partial charge on any atom is 0.241 e. The van der Waals surface area contributed by atoms with Gasteiger partial charge in [0.1, 0.15) is 11.3 Å². The molecule has 0 unspecified atom stereocenters. The summed E-state index contributed by atoms with van der Waals surface area (Å²) in [5, 5.41) is 15.0. The normalized spacial score (nSPS) is 18.4. The number of hydrogen-bond donors (Lipinski definition) is 3. The van der Waals surface area contributed by atoms with Crippen molar-refractivity contribution in [1.82, 2.24) is 14.7 Å². The van der Waals surface area contributed by atoms with Crippen molar-refractivity contribution in [2.75, 3.05) is 11.9 Å². The molecule has 2 aromatic heterocycles. The molecule has 0 bridgehead atoms. The van der Waals surface area contributed by atoms with Gasteiger partial charge in [-0.1, -0.05) is 0 Å². The van der Waals surface area contributed by atoms with E-state index >= 15 is 0 Å². The minimum Gasteiger partial charge on any atom is -0.384 e. The molecule has 3 N–H and O–H groups in total. The number of aliphatic hydroxyl groups is 1. The molecule has 1 atom stereocenters. The second-order valence-electron chi connectivity index (χ2n) is 11.2. The Hall–Kier alpha value is -2.62. The fourth-order valence-corrected chi connectivity index (χ4v) is 6.48. The van der Waals surface area contributed by atoms with Gasteiger partial charge in [-0.2, -0.15) is 0 Å². The Morgan fingerprint density at radius 3 is 2.44 bits per heavy atom. The van der Waals surface area contributed by atoms with Crippen LogP contribution in [0.1, 0.15) is 69.0 Å². The average Bonchev–Trinajstić information content (AvgIpc) is 3.56. The molecule has 9 heteroatoms. The third kappa shape index (κ3) is 5.23. The van der Waals surface area contributed by atoms with Gasteiger partial charge in [0.05, 0.1) is 22.5 Å². The summed E-state index contributed by atoms with van der Waals surface area (Å²) in [5.41, 5.74) is 1.29. The number of alkyl halides is 1. The predicted molar refractivity (Wildman–Crippen MR) is 138 cm³/mol. The zero-order valence-electron chi connectivity index (χ0n) is 21.1. The lowest BCUT2D eigenvalue weighted by Crippen LogP contribution is -2.36. The summed E-state index contributed by atoms with van der Waals surface area (Å²) in [4.78, 5) is 9.20. The summed E-state index contributed by atoms with van der Waals surface area (Å²) in [6.07, 6.45) is 6.72. The summed E-state index contributed by atoms with van der Waals surface area (Å²) < 4.78 is 43.9. The van der Waals surface area contributed by atoms with Crippen LogP contribution in [0.25, 0.3) is 10.8 Å². The number of pyridine rings is 2. The Morgan fingerprint density at radius 2 is 1.83 bits per heavy atom. The van der Waals surface area contributed by atoms with E-state index in [1.54, 1.807) is 32.3 Å². The molecule has 2 aliphatic rings. The van der Waals surface area contributed by atoms with Crippen LogP contribution < -0.4 is 10.0 Å². The Labute approximate surface area is 211 Å². The quantitative estimate of drug-likeness (QED) is 0.415. The zero-order valence-corrected chi connectivity index (χ0v) is 21.9. The molecule has 0 saturated heterocycles. The molecular weight excluding hydrogens is 479 g/mol. The van der Waals surface area contributed by atoms with Crippen molar-refractivity contribution < 1.29 is 17.9 Å². The summed E-state index contributed by atoms with van der Waals surface area (Å²) in [6.45, 7) is 5.78. The van der Waals surface area contributed by atoms with Crippen molar-refractivity contribution in [1.29, 1.82) is 0 Å². The number of benzene rings is 1. The molecule has 7 nitrogen and oxygen atoms in total. The number of rotatable bonds is 8. The Kier molecular flexibility index (Phi) is 6.08. The molecule has 1 saturated carbocycles. The Morgan fingerprint density at radius 1 is 1.08 bits per heavy atom. The van der Waals surface area contributed by atoms with E-state index in [4.69, 9.17) is 0 Å². The molecule has 2 heterocycles. The molecule has 5 rings (SSSR count). The van der Waals surface area contributed by atoms with Gasteiger partial charge < -0.3 is 10.4 Å². The van der Waals surface area contributed by atoms with Gasteiger partial charge >= 0.3 is 0 Å². The van der Waals surface area contributed by atoms with E-state index in [1.165, 1.54) is 13.8 Å². The fraction of sp³-hybridized carbons (Fsp3) is 0.481. The Balaban J connectivity index is 1.51. The van der Waals surface area contributed by atoms with E-state index in [0.29, 0.717) is 29.8 Å².